The van der Waals surface area contributed by atoms with Gasteiger partial charge in [-0.15, -0.1) is 0 Å². The van der Waals surface area contributed by atoms with Crippen LogP contribution in [0.1, 0.15) is 126 Å². The van der Waals surface area contributed by atoms with Crippen molar-refractivity contribution in [3.8, 4) is 0 Å². The monoisotopic (exact) mass is 500 g/mol. The molecule has 2 saturated carbocycles. The third-order valence-electron chi connectivity index (χ3n) is 11.6. The molecular weight excluding hydrogens is 448 g/mol. The number of hydrogen-bond acceptors (Lipinski definition) is 4. The number of rotatable bonds is 7. The maximum absolute atomic E-state index is 12.2. The molecule has 204 valence electrons. The molecule has 0 bridgehead atoms. The molecule has 0 radical (unpaired) electrons. The van der Waals surface area contributed by atoms with Gasteiger partial charge in [0.2, 0.25) is 0 Å². The number of hydrogen-bond donors (Lipinski definition) is 0. The third-order valence-corrected chi connectivity index (χ3v) is 11.6. The first-order valence-corrected chi connectivity index (χ1v) is 14.9. The van der Waals surface area contributed by atoms with Crippen LogP contribution in [-0.2, 0) is 19.1 Å². The second-order valence-electron chi connectivity index (χ2n) is 14.0. The van der Waals surface area contributed by atoms with Crippen molar-refractivity contribution in [2.45, 2.75) is 138 Å². The number of fused-ring (bicyclic) bond motifs is 4. The number of allylic oxidation sites excluding steroid dienone is 1. The molecule has 0 N–H and O–H groups in total. The van der Waals surface area contributed by atoms with E-state index in [1.807, 2.05) is 0 Å². The molecule has 0 saturated heterocycles. The summed E-state index contributed by atoms with van der Waals surface area (Å²) in [6, 6.07) is 0. The van der Waals surface area contributed by atoms with Crippen molar-refractivity contribution in [3.05, 3.63) is 11.1 Å². The molecule has 0 aliphatic heterocycles. The highest BCUT2D eigenvalue weighted by Gasteiger charge is 2.63. The largest absolute Gasteiger partial charge is 0.463 e. The van der Waals surface area contributed by atoms with Gasteiger partial charge in [0.1, 0.15) is 12.2 Å². The molecule has 36 heavy (non-hydrogen) atoms. The highest BCUT2D eigenvalue weighted by Crippen LogP contribution is 2.71. The van der Waals surface area contributed by atoms with Crippen molar-refractivity contribution < 1.29 is 19.1 Å². The Labute approximate surface area is 220 Å². The molecule has 0 heterocycles. The van der Waals surface area contributed by atoms with Gasteiger partial charge in [-0.25, -0.2) is 0 Å². The zero-order valence-corrected chi connectivity index (χ0v) is 24.4. The molecule has 2 fully saturated rings. The van der Waals surface area contributed by atoms with Gasteiger partial charge in [-0.1, -0.05) is 72.0 Å². The molecular formula is C32H52O4. The van der Waals surface area contributed by atoms with Gasteiger partial charge in [0.05, 0.1) is 0 Å². The molecule has 8 unspecified atom stereocenters. The van der Waals surface area contributed by atoms with Crippen molar-refractivity contribution in [2.24, 2.45) is 39.9 Å². The number of carbonyl (C=O) groups is 2. The van der Waals surface area contributed by atoms with Gasteiger partial charge in [0, 0.05) is 26.2 Å². The molecule has 0 amide bonds. The van der Waals surface area contributed by atoms with Gasteiger partial charge in [0.25, 0.3) is 0 Å². The number of ether oxygens (including phenoxy) is 2. The Kier molecular flexibility index (Phi) is 7.77. The highest BCUT2D eigenvalue weighted by molar-refractivity contribution is 5.66. The summed E-state index contributed by atoms with van der Waals surface area (Å²) in [5.41, 5.74) is 3.81. The Bertz CT molecular complexity index is 889. The normalized spacial score (nSPS) is 40.8. The highest BCUT2D eigenvalue weighted by atomic mass is 16.5. The Morgan fingerprint density at radius 1 is 0.917 bits per heavy atom. The first-order chi connectivity index (χ1) is 16.8. The van der Waals surface area contributed by atoms with E-state index in [1.165, 1.54) is 51.9 Å². The van der Waals surface area contributed by atoms with Crippen LogP contribution in [0, 0.1) is 39.9 Å². The minimum Gasteiger partial charge on any atom is -0.463 e. The van der Waals surface area contributed by atoms with Gasteiger partial charge in [-0.05, 0) is 78.9 Å². The molecule has 4 heteroatoms. The third kappa shape index (κ3) is 4.68. The van der Waals surface area contributed by atoms with Gasteiger partial charge in [-0.3, -0.25) is 9.59 Å². The summed E-state index contributed by atoms with van der Waals surface area (Å²) in [4.78, 5) is 24.0. The second kappa shape index (κ2) is 10.1. The Hall–Kier alpha value is -1.32. The number of esters is 2. The maximum Gasteiger partial charge on any atom is 0.302 e. The molecule has 0 spiro atoms. The van der Waals surface area contributed by atoms with E-state index in [2.05, 4.69) is 41.5 Å². The lowest BCUT2D eigenvalue weighted by molar-refractivity contribution is -0.163. The minimum atomic E-state index is -0.205. The number of carbonyl (C=O) groups excluding carboxylic acids is 2. The van der Waals surface area contributed by atoms with Gasteiger partial charge >= 0.3 is 11.9 Å². The SMILES string of the molecule is CC(=O)OC1CCC2(C)C3=C(CC(OC(C)=O)C2C1)C1(C)CCC(C(C)CCCC(C)C)C1(C)CC3. The van der Waals surface area contributed by atoms with Gasteiger partial charge in [-0.2, -0.15) is 0 Å². The van der Waals surface area contributed by atoms with Crippen LogP contribution in [0.2, 0.25) is 0 Å². The van der Waals surface area contributed by atoms with E-state index in [-0.39, 0.29) is 40.9 Å². The molecule has 0 aromatic carbocycles. The maximum atomic E-state index is 12.2. The van der Waals surface area contributed by atoms with E-state index >= 15 is 0 Å². The summed E-state index contributed by atoms with van der Waals surface area (Å²) in [5, 5.41) is 0. The fraction of sp³-hybridized carbons (Fsp3) is 0.875. The van der Waals surface area contributed by atoms with Gasteiger partial charge in [0.15, 0.2) is 0 Å². The first-order valence-electron chi connectivity index (χ1n) is 14.9. The second-order valence-corrected chi connectivity index (χ2v) is 14.0. The average Bonchev–Trinajstić information content (AvgIpc) is 3.05. The predicted octanol–water partition coefficient (Wildman–Crippen LogP) is 8.04. The summed E-state index contributed by atoms with van der Waals surface area (Å²) in [6.07, 6.45) is 12.4. The summed E-state index contributed by atoms with van der Waals surface area (Å²) >= 11 is 0. The quantitative estimate of drug-likeness (QED) is 0.262. The zero-order chi connectivity index (χ0) is 26.5. The summed E-state index contributed by atoms with van der Waals surface area (Å²) in [7, 11) is 0. The molecule has 4 aliphatic rings. The molecule has 4 aliphatic carbocycles. The average molecular weight is 501 g/mol. The predicted molar refractivity (Wildman–Crippen MR) is 144 cm³/mol. The Morgan fingerprint density at radius 3 is 2.25 bits per heavy atom. The van der Waals surface area contributed by atoms with Crippen LogP contribution in [0.15, 0.2) is 11.1 Å². The van der Waals surface area contributed by atoms with Crippen molar-refractivity contribution in [2.75, 3.05) is 0 Å². The topological polar surface area (TPSA) is 52.6 Å². The van der Waals surface area contributed by atoms with E-state index in [1.54, 1.807) is 18.1 Å². The Morgan fingerprint density at radius 2 is 1.61 bits per heavy atom. The van der Waals surface area contributed by atoms with Crippen molar-refractivity contribution in [3.63, 3.8) is 0 Å². The van der Waals surface area contributed by atoms with Crippen LogP contribution in [0.3, 0.4) is 0 Å². The van der Waals surface area contributed by atoms with Crippen LogP contribution < -0.4 is 0 Å². The zero-order valence-electron chi connectivity index (χ0n) is 24.4. The standard InChI is InChI=1S/C32H52O4/c1-20(2)10-9-11-21(3)25-13-16-32(8)27-19-29(36-23(5)34)28-18-24(35-22(4)33)12-15-30(28,6)26(27)14-17-31(25,32)7/h20-21,24-25,28-29H,9-19H2,1-8H3. The van der Waals surface area contributed by atoms with Crippen LogP contribution in [0.4, 0.5) is 0 Å². The minimum absolute atomic E-state index is 0.0235. The fourth-order valence-corrected chi connectivity index (χ4v) is 9.49. The van der Waals surface area contributed by atoms with Crippen LogP contribution in [0.25, 0.3) is 0 Å². The van der Waals surface area contributed by atoms with Crippen LogP contribution in [-0.4, -0.2) is 24.1 Å². The van der Waals surface area contributed by atoms with E-state index < -0.39 is 0 Å². The smallest absolute Gasteiger partial charge is 0.302 e. The lowest BCUT2D eigenvalue weighted by Crippen LogP contribution is -2.54. The molecule has 4 rings (SSSR count). The van der Waals surface area contributed by atoms with Gasteiger partial charge < -0.3 is 9.47 Å². The first kappa shape index (κ1) is 27.7. The molecule has 0 aromatic heterocycles. The van der Waals surface area contributed by atoms with E-state index in [0.29, 0.717) is 5.41 Å². The molecule has 0 aromatic rings. The van der Waals surface area contributed by atoms with E-state index in [4.69, 9.17) is 9.47 Å². The van der Waals surface area contributed by atoms with Crippen molar-refractivity contribution >= 4 is 11.9 Å². The van der Waals surface area contributed by atoms with Crippen LogP contribution >= 0.6 is 0 Å². The van der Waals surface area contributed by atoms with E-state index in [9.17, 15) is 9.59 Å². The summed E-state index contributed by atoms with van der Waals surface area (Å²) in [6.45, 7) is 17.8. The van der Waals surface area contributed by atoms with Crippen molar-refractivity contribution in [1.29, 1.82) is 0 Å². The molecule has 8 atom stereocenters. The van der Waals surface area contributed by atoms with Crippen molar-refractivity contribution in [1.82, 2.24) is 0 Å². The Balaban J connectivity index is 1.65. The lowest BCUT2D eigenvalue weighted by Gasteiger charge is -2.60. The van der Waals surface area contributed by atoms with E-state index in [0.717, 1.165) is 43.4 Å². The fourth-order valence-electron chi connectivity index (χ4n) is 9.49. The summed E-state index contributed by atoms with van der Waals surface area (Å²) < 4.78 is 11.8. The summed E-state index contributed by atoms with van der Waals surface area (Å²) in [5.74, 6) is 2.14. The lowest BCUT2D eigenvalue weighted by atomic mass is 9.46. The molecule has 4 nitrogen and oxygen atoms in total. The van der Waals surface area contributed by atoms with Crippen LogP contribution in [0.5, 0.6) is 0 Å².